The number of urea groups is 1. The highest BCUT2D eigenvalue weighted by Gasteiger charge is 2.42. The van der Waals surface area contributed by atoms with Crippen molar-refractivity contribution in [1.82, 2.24) is 5.32 Å². The van der Waals surface area contributed by atoms with E-state index in [0.717, 1.165) is 5.69 Å². The average Bonchev–Trinajstić information content (AvgIpc) is 2.83. The van der Waals surface area contributed by atoms with Crippen molar-refractivity contribution in [1.29, 1.82) is 0 Å². The van der Waals surface area contributed by atoms with Gasteiger partial charge in [-0.15, -0.1) is 0 Å². The molecule has 3 amide bonds. The molecule has 0 saturated carbocycles. The second kappa shape index (κ2) is 6.00. The number of ether oxygens (including phenoxy) is 1. The summed E-state index contributed by atoms with van der Waals surface area (Å²) in [4.78, 5) is 25.7. The highest BCUT2D eigenvalue weighted by molar-refractivity contribution is 5.95. The fourth-order valence-corrected chi connectivity index (χ4v) is 2.45. The second-order valence-corrected chi connectivity index (χ2v) is 5.46. The molecule has 0 bridgehead atoms. The molecular formula is C17H17N3O3. The lowest BCUT2D eigenvalue weighted by molar-refractivity contribution is 0.0369. The molecule has 3 rings (SSSR count). The van der Waals surface area contributed by atoms with E-state index >= 15 is 0 Å². The van der Waals surface area contributed by atoms with Crippen molar-refractivity contribution in [3.05, 3.63) is 60.7 Å². The molecule has 6 nitrogen and oxygen atoms in total. The largest absolute Gasteiger partial charge is 0.421 e. The minimum absolute atomic E-state index is 0.234. The minimum Gasteiger partial charge on any atom is -0.421 e. The SMILES string of the molecule is CC1(OC(=O)Nc2ccccc2)CN(c2ccccc2)C(=O)N1. The zero-order chi connectivity index (χ0) is 16.3. The average molecular weight is 311 g/mol. The summed E-state index contributed by atoms with van der Waals surface area (Å²) in [5, 5.41) is 5.33. The number of hydrogen-bond donors (Lipinski definition) is 2. The van der Waals surface area contributed by atoms with Crippen LogP contribution in [0, 0.1) is 0 Å². The predicted molar refractivity (Wildman–Crippen MR) is 87.3 cm³/mol. The van der Waals surface area contributed by atoms with E-state index in [9.17, 15) is 9.59 Å². The lowest BCUT2D eigenvalue weighted by Gasteiger charge is -2.24. The van der Waals surface area contributed by atoms with Gasteiger partial charge in [0.2, 0.25) is 5.72 Å². The molecular weight excluding hydrogens is 294 g/mol. The lowest BCUT2D eigenvalue weighted by Crippen LogP contribution is -2.45. The first-order chi connectivity index (χ1) is 11.1. The number of para-hydroxylation sites is 2. The van der Waals surface area contributed by atoms with E-state index in [1.54, 1.807) is 19.1 Å². The Kier molecular flexibility index (Phi) is 3.89. The van der Waals surface area contributed by atoms with Gasteiger partial charge in [-0.2, -0.15) is 0 Å². The molecule has 1 aliphatic rings. The molecule has 1 fully saturated rings. The first-order valence-corrected chi connectivity index (χ1v) is 7.25. The summed E-state index contributed by atoms with van der Waals surface area (Å²) in [7, 11) is 0. The first kappa shape index (κ1) is 14.9. The Morgan fingerprint density at radius 3 is 2.39 bits per heavy atom. The molecule has 0 aromatic heterocycles. The molecule has 118 valence electrons. The maximum absolute atomic E-state index is 12.1. The van der Waals surface area contributed by atoms with Gasteiger partial charge in [0.25, 0.3) is 0 Å². The van der Waals surface area contributed by atoms with Crippen molar-refractivity contribution < 1.29 is 14.3 Å². The molecule has 0 spiro atoms. The van der Waals surface area contributed by atoms with Gasteiger partial charge in [0.05, 0.1) is 6.54 Å². The number of nitrogens with one attached hydrogen (secondary N) is 2. The molecule has 23 heavy (non-hydrogen) atoms. The number of amides is 3. The molecule has 0 radical (unpaired) electrons. The number of carbonyl (C=O) groups is 2. The van der Waals surface area contributed by atoms with Crippen molar-refractivity contribution in [3.63, 3.8) is 0 Å². The van der Waals surface area contributed by atoms with E-state index in [1.165, 1.54) is 4.90 Å². The molecule has 2 aromatic rings. The summed E-state index contributed by atoms with van der Waals surface area (Å²) in [5.41, 5.74) is 0.289. The molecule has 2 aromatic carbocycles. The summed E-state index contributed by atoms with van der Waals surface area (Å²) >= 11 is 0. The van der Waals surface area contributed by atoms with Crippen LogP contribution >= 0.6 is 0 Å². The van der Waals surface area contributed by atoms with Gasteiger partial charge in [0.15, 0.2) is 0 Å². The van der Waals surface area contributed by atoms with Gasteiger partial charge in [-0.05, 0) is 31.2 Å². The van der Waals surface area contributed by atoms with E-state index in [0.29, 0.717) is 5.69 Å². The van der Waals surface area contributed by atoms with Gasteiger partial charge >= 0.3 is 12.1 Å². The van der Waals surface area contributed by atoms with Crippen LogP contribution in [0.1, 0.15) is 6.92 Å². The fourth-order valence-electron chi connectivity index (χ4n) is 2.45. The Labute approximate surface area is 134 Å². The molecule has 1 unspecified atom stereocenters. The van der Waals surface area contributed by atoms with E-state index < -0.39 is 11.8 Å². The number of anilines is 2. The maximum Gasteiger partial charge on any atom is 0.413 e. The monoisotopic (exact) mass is 311 g/mol. The summed E-state index contributed by atoms with van der Waals surface area (Å²) < 4.78 is 5.40. The van der Waals surface area contributed by atoms with Crippen LogP contribution in [0.25, 0.3) is 0 Å². The Morgan fingerprint density at radius 2 is 1.74 bits per heavy atom. The van der Waals surface area contributed by atoms with Crippen LogP contribution < -0.4 is 15.5 Å². The number of benzene rings is 2. The minimum atomic E-state index is -1.09. The second-order valence-electron chi connectivity index (χ2n) is 5.46. The topological polar surface area (TPSA) is 70.7 Å². The standard InChI is InChI=1S/C17H17N3O3/c1-17(23-16(22)18-13-8-4-2-5-9-13)12-20(15(21)19-17)14-10-6-3-7-11-14/h2-11H,12H2,1H3,(H,18,22)(H,19,21). The number of hydrogen-bond acceptors (Lipinski definition) is 3. The van der Waals surface area contributed by atoms with Crippen LogP contribution in [0.4, 0.5) is 21.0 Å². The van der Waals surface area contributed by atoms with Crippen LogP contribution in [0.5, 0.6) is 0 Å². The highest BCUT2D eigenvalue weighted by atomic mass is 16.6. The van der Waals surface area contributed by atoms with E-state index in [1.807, 2.05) is 48.5 Å². The van der Waals surface area contributed by atoms with Gasteiger partial charge < -0.3 is 4.74 Å². The van der Waals surface area contributed by atoms with Crippen molar-refractivity contribution in [2.24, 2.45) is 0 Å². The third kappa shape index (κ3) is 3.42. The van der Waals surface area contributed by atoms with E-state index in [4.69, 9.17) is 4.74 Å². The Hall–Kier alpha value is -3.02. The quantitative estimate of drug-likeness (QED) is 0.914. The van der Waals surface area contributed by atoms with Crippen LogP contribution in [0.3, 0.4) is 0 Å². The molecule has 0 aliphatic carbocycles. The van der Waals surface area contributed by atoms with Gasteiger partial charge in [0, 0.05) is 11.4 Å². The zero-order valence-electron chi connectivity index (χ0n) is 12.7. The smallest absolute Gasteiger partial charge is 0.413 e. The van der Waals surface area contributed by atoms with Crippen LogP contribution in [-0.4, -0.2) is 24.4 Å². The fraction of sp³-hybridized carbons (Fsp3) is 0.176. The lowest BCUT2D eigenvalue weighted by atomic mass is 10.2. The normalized spacial score (nSPS) is 20.0. The van der Waals surface area contributed by atoms with Gasteiger partial charge in [-0.1, -0.05) is 36.4 Å². The Morgan fingerprint density at radius 1 is 1.13 bits per heavy atom. The first-order valence-electron chi connectivity index (χ1n) is 7.25. The third-order valence-electron chi connectivity index (χ3n) is 3.48. The summed E-state index contributed by atoms with van der Waals surface area (Å²) in [5.74, 6) is 0. The van der Waals surface area contributed by atoms with Crippen molar-refractivity contribution in [3.8, 4) is 0 Å². The van der Waals surface area contributed by atoms with Crippen LogP contribution in [0.15, 0.2) is 60.7 Å². The highest BCUT2D eigenvalue weighted by Crippen LogP contribution is 2.24. The Bertz CT molecular complexity index is 706. The van der Waals surface area contributed by atoms with Gasteiger partial charge in [-0.3, -0.25) is 15.5 Å². The van der Waals surface area contributed by atoms with Crippen LogP contribution in [0.2, 0.25) is 0 Å². The van der Waals surface area contributed by atoms with Crippen molar-refractivity contribution in [2.45, 2.75) is 12.6 Å². The number of nitrogens with zero attached hydrogens (tertiary/aromatic N) is 1. The molecule has 6 heteroatoms. The van der Waals surface area contributed by atoms with E-state index in [2.05, 4.69) is 10.6 Å². The van der Waals surface area contributed by atoms with Crippen molar-refractivity contribution in [2.75, 3.05) is 16.8 Å². The Balaban J connectivity index is 1.66. The zero-order valence-corrected chi connectivity index (χ0v) is 12.7. The molecule has 1 saturated heterocycles. The predicted octanol–water partition coefficient (Wildman–Crippen LogP) is 3.18. The molecule has 1 atom stereocenters. The van der Waals surface area contributed by atoms with Gasteiger partial charge in [0.1, 0.15) is 0 Å². The number of rotatable bonds is 3. The van der Waals surface area contributed by atoms with Crippen molar-refractivity contribution >= 4 is 23.5 Å². The number of carbonyl (C=O) groups excluding carboxylic acids is 2. The van der Waals surface area contributed by atoms with Crippen LogP contribution in [-0.2, 0) is 4.74 Å². The van der Waals surface area contributed by atoms with E-state index in [-0.39, 0.29) is 12.6 Å². The molecule has 1 aliphatic heterocycles. The third-order valence-corrected chi connectivity index (χ3v) is 3.48. The molecule has 1 heterocycles. The maximum atomic E-state index is 12.1. The molecule has 2 N–H and O–H groups in total. The van der Waals surface area contributed by atoms with Gasteiger partial charge in [-0.25, -0.2) is 9.59 Å². The summed E-state index contributed by atoms with van der Waals surface area (Å²) in [6.07, 6.45) is -0.617. The summed E-state index contributed by atoms with van der Waals surface area (Å²) in [6.45, 7) is 1.90. The summed E-state index contributed by atoms with van der Waals surface area (Å²) in [6, 6.07) is 17.9.